The van der Waals surface area contributed by atoms with E-state index in [1.165, 1.54) is 12.3 Å². The number of hydrogen-bond donors (Lipinski definition) is 1. The van der Waals surface area contributed by atoms with Crippen LogP contribution in [-0.2, 0) is 6.18 Å². The lowest BCUT2D eigenvalue weighted by atomic mass is 10.1. The Labute approximate surface area is 165 Å². The summed E-state index contributed by atoms with van der Waals surface area (Å²) >= 11 is 0. The minimum absolute atomic E-state index is 0.0469. The maximum Gasteiger partial charge on any atom is 0.416 e. The summed E-state index contributed by atoms with van der Waals surface area (Å²) in [5.41, 5.74) is 1.13. The van der Waals surface area contributed by atoms with Crippen LogP contribution in [0.4, 0.5) is 24.5 Å². The molecule has 2 aromatic carbocycles. The fourth-order valence-corrected chi connectivity index (χ4v) is 3.48. The topological polar surface area (TPSA) is 58.1 Å². The third kappa shape index (κ3) is 4.16. The largest absolute Gasteiger partial charge is 0.416 e. The van der Waals surface area contributed by atoms with Crippen molar-refractivity contribution in [3.05, 3.63) is 59.9 Å². The van der Waals surface area contributed by atoms with Crippen molar-refractivity contribution in [2.45, 2.75) is 25.4 Å². The van der Waals surface area contributed by atoms with E-state index in [1.54, 1.807) is 18.2 Å². The predicted molar refractivity (Wildman–Crippen MR) is 105 cm³/mol. The molecule has 8 heteroatoms. The highest BCUT2D eigenvalue weighted by Crippen LogP contribution is 2.36. The quantitative estimate of drug-likeness (QED) is 0.680. The maximum absolute atomic E-state index is 13.2. The fraction of sp³-hybridized carbons (Fsp3) is 0.286. The van der Waals surface area contributed by atoms with Gasteiger partial charge in [-0.25, -0.2) is 4.98 Å². The smallest absolute Gasteiger partial charge is 0.370 e. The molecule has 1 saturated heterocycles. The van der Waals surface area contributed by atoms with E-state index in [0.29, 0.717) is 16.7 Å². The molecule has 0 aliphatic carbocycles. The number of amides is 1. The van der Waals surface area contributed by atoms with Gasteiger partial charge in [-0.2, -0.15) is 13.2 Å². The third-order valence-corrected chi connectivity index (χ3v) is 4.95. The Hall–Kier alpha value is -3.16. The molecule has 2 heterocycles. The number of fused-ring (bicyclic) bond motifs is 1. The van der Waals surface area contributed by atoms with Crippen LogP contribution in [0.1, 0.15) is 35.3 Å². The number of rotatable bonds is 3. The molecule has 1 amide bonds. The zero-order chi connectivity index (χ0) is 20.4. The molecule has 1 aromatic heterocycles. The van der Waals surface area contributed by atoms with Gasteiger partial charge in [-0.15, -0.1) is 0 Å². The number of piperidine rings is 1. The molecule has 1 N–H and O–H groups in total. The van der Waals surface area contributed by atoms with Gasteiger partial charge in [-0.05, 0) is 49.6 Å². The standard InChI is InChI=1S/C21H19F3N4O/c22-21(23,24)14-8-9-19(28-10-4-1-5-11-28)17(12-14)27-20(29)18-13-25-15-6-2-3-7-16(15)26-18/h2-3,6-9,12-13H,1,4-5,10-11H2,(H,27,29). The van der Waals surface area contributed by atoms with Gasteiger partial charge in [0, 0.05) is 13.1 Å². The number of nitrogens with one attached hydrogen (secondary N) is 1. The molecule has 3 aromatic rings. The van der Waals surface area contributed by atoms with Crippen LogP contribution in [0.5, 0.6) is 0 Å². The lowest BCUT2D eigenvalue weighted by molar-refractivity contribution is -0.137. The number of halogens is 3. The Bertz CT molecular complexity index is 1050. The Balaban J connectivity index is 1.68. The third-order valence-electron chi connectivity index (χ3n) is 4.95. The first-order valence-corrected chi connectivity index (χ1v) is 9.41. The van der Waals surface area contributed by atoms with Crippen molar-refractivity contribution in [1.29, 1.82) is 0 Å². The van der Waals surface area contributed by atoms with Gasteiger partial charge >= 0.3 is 6.18 Å². The molecule has 1 fully saturated rings. The highest BCUT2D eigenvalue weighted by molar-refractivity contribution is 6.05. The second kappa shape index (κ2) is 7.69. The Morgan fingerprint density at radius 3 is 2.45 bits per heavy atom. The molecule has 0 unspecified atom stereocenters. The van der Waals surface area contributed by atoms with E-state index < -0.39 is 17.6 Å². The Kier molecular flexibility index (Phi) is 5.08. The van der Waals surface area contributed by atoms with Gasteiger partial charge < -0.3 is 10.2 Å². The van der Waals surface area contributed by atoms with E-state index in [9.17, 15) is 18.0 Å². The molecule has 150 valence electrons. The second-order valence-electron chi connectivity index (χ2n) is 6.98. The molecule has 29 heavy (non-hydrogen) atoms. The molecule has 0 atom stereocenters. The van der Waals surface area contributed by atoms with Crippen molar-refractivity contribution in [2.75, 3.05) is 23.3 Å². The first-order chi connectivity index (χ1) is 13.9. The van der Waals surface area contributed by atoms with Crippen molar-refractivity contribution in [2.24, 2.45) is 0 Å². The first-order valence-electron chi connectivity index (χ1n) is 9.41. The molecule has 1 aliphatic heterocycles. The maximum atomic E-state index is 13.2. The molecule has 4 rings (SSSR count). The summed E-state index contributed by atoms with van der Waals surface area (Å²) in [6, 6.07) is 10.5. The minimum Gasteiger partial charge on any atom is -0.370 e. The monoisotopic (exact) mass is 400 g/mol. The van der Waals surface area contributed by atoms with Crippen molar-refractivity contribution >= 4 is 28.3 Å². The molecule has 0 spiro atoms. The summed E-state index contributed by atoms with van der Waals surface area (Å²) in [4.78, 5) is 23.2. The number of hydrogen-bond acceptors (Lipinski definition) is 4. The molecule has 1 aliphatic rings. The number of para-hydroxylation sites is 2. The van der Waals surface area contributed by atoms with Crippen LogP contribution in [0.3, 0.4) is 0 Å². The highest BCUT2D eigenvalue weighted by atomic mass is 19.4. The number of anilines is 2. The van der Waals surface area contributed by atoms with Crippen LogP contribution in [0.25, 0.3) is 11.0 Å². The Morgan fingerprint density at radius 1 is 1.00 bits per heavy atom. The summed E-state index contributed by atoms with van der Waals surface area (Å²) in [5, 5.41) is 2.62. The van der Waals surface area contributed by atoms with Crippen LogP contribution >= 0.6 is 0 Å². The van der Waals surface area contributed by atoms with E-state index in [-0.39, 0.29) is 11.4 Å². The van der Waals surface area contributed by atoms with Gasteiger partial charge in [0.1, 0.15) is 5.69 Å². The summed E-state index contributed by atoms with van der Waals surface area (Å²) in [5.74, 6) is -0.596. The van der Waals surface area contributed by atoms with Crippen LogP contribution in [0.15, 0.2) is 48.7 Å². The number of carbonyl (C=O) groups is 1. The second-order valence-corrected chi connectivity index (χ2v) is 6.98. The number of alkyl halides is 3. The van der Waals surface area contributed by atoms with Crippen molar-refractivity contribution in [1.82, 2.24) is 9.97 Å². The number of carbonyl (C=O) groups excluding carboxylic acids is 1. The molecule has 0 radical (unpaired) electrons. The summed E-state index contributed by atoms with van der Waals surface area (Å²) in [6.07, 6.45) is -0.158. The van der Waals surface area contributed by atoms with Crippen LogP contribution in [0, 0.1) is 0 Å². The van der Waals surface area contributed by atoms with Gasteiger partial charge in [0.2, 0.25) is 0 Å². The number of nitrogens with zero attached hydrogens (tertiary/aromatic N) is 3. The fourth-order valence-electron chi connectivity index (χ4n) is 3.48. The molecule has 0 bridgehead atoms. The van der Waals surface area contributed by atoms with Gasteiger partial charge in [-0.3, -0.25) is 9.78 Å². The Morgan fingerprint density at radius 2 is 1.72 bits per heavy atom. The zero-order valence-corrected chi connectivity index (χ0v) is 15.5. The van der Waals surface area contributed by atoms with Crippen molar-refractivity contribution in [3.63, 3.8) is 0 Å². The van der Waals surface area contributed by atoms with Crippen LogP contribution in [0.2, 0.25) is 0 Å². The van der Waals surface area contributed by atoms with E-state index in [4.69, 9.17) is 0 Å². The zero-order valence-electron chi connectivity index (χ0n) is 15.5. The van der Waals surface area contributed by atoms with E-state index in [2.05, 4.69) is 15.3 Å². The predicted octanol–water partition coefficient (Wildman–Crippen LogP) is 4.89. The average Bonchev–Trinajstić information content (AvgIpc) is 2.73. The van der Waals surface area contributed by atoms with Crippen molar-refractivity contribution < 1.29 is 18.0 Å². The molecule has 5 nitrogen and oxygen atoms in total. The molecule has 0 saturated carbocycles. The van der Waals surface area contributed by atoms with E-state index in [1.807, 2.05) is 11.0 Å². The summed E-state index contributed by atoms with van der Waals surface area (Å²) in [7, 11) is 0. The van der Waals surface area contributed by atoms with E-state index >= 15 is 0 Å². The summed E-state index contributed by atoms with van der Waals surface area (Å²) < 4.78 is 39.7. The first kappa shape index (κ1) is 19.2. The van der Waals surface area contributed by atoms with Crippen molar-refractivity contribution in [3.8, 4) is 0 Å². The molecular formula is C21H19F3N4O. The molecular weight excluding hydrogens is 381 g/mol. The highest BCUT2D eigenvalue weighted by Gasteiger charge is 2.32. The van der Waals surface area contributed by atoms with Crippen LogP contribution in [-0.4, -0.2) is 29.0 Å². The normalized spacial score (nSPS) is 14.8. The number of benzene rings is 2. The summed E-state index contributed by atoms with van der Waals surface area (Å²) in [6.45, 7) is 1.48. The van der Waals surface area contributed by atoms with Gasteiger partial charge in [0.25, 0.3) is 5.91 Å². The number of aromatic nitrogens is 2. The van der Waals surface area contributed by atoms with Crippen LogP contribution < -0.4 is 10.2 Å². The van der Waals surface area contributed by atoms with Gasteiger partial charge in [0.15, 0.2) is 0 Å². The minimum atomic E-state index is -4.50. The van der Waals surface area contributed by atoms with Gasteiger partial charge in [0.05, 0.1) is 34.2 Å². The van der Waals surface area contributed by atoms with Gasteiger partial charge in [-0.1, -0.05) is 12.1 Å². The SMILES string of the molecule is O=C(Nc1cc(C(F)(F)F)ccc1N1CCCCC1)c1cnc2ccccc2n1. The van der Waals surface area contributed by atoms with E-state index in [0.717, 1.165) is 44.5 Å². The lowest BCUT2D eigenvalue weighted by Gasteiger charge is -2.31. The average molecular weight is 400 g/mol. The lowest BCUT2D eigenvalue weighted by Crippen LogP contribution is -2.30.